The monoisotopic (exact) mass is 462 g/mol. The van der Waals surface area contributed by atoms with Gasteiger partial charge in [-0.2, -0.15) is 5.10 Å². The molecule has 0 radical (unpaired) electrons. The predicted octanol–water partition coefficient (Wildman–Crippen LogP) is 4.43. The largest absolute Gasteiger partial charge is 0.497 e. The van der Waals surface area contributed by atoms with Gasteiger partial charge in [0.1, 0.15) is 11.5 Å². The summed E-state index contributed by atoms with van der Waals surface area (Å²) >= 11 is 1.52. The van der Waals surface area contributed by atoms with E-state index in [1.165, 1.54) is 11.9 Å². The van der Waals surface area contributed by atoms with Crippen LogP contribution in [-0.4, -0.2) is 58.4 Å². The van der Waals surface area contributed by atoms with Crippen molar-refractivity contribution in [1.29, 1.82) is 0 Å². The van der Waals surface area contributed by atoms with Gasteiger partial charge in [0.2, 0.25) is 0 Å². The number of likely N-dealkylation sites (N-methyl/N-ethyl adjacent to an activating group) is 1. The zero-order valence-electron chi connectivity index (χ0n) is 18.4. The Balaban J connectivity index is 1.59. The van der Waals surface area contributed by atoms with Gasteiger partial charge in [0.25, 0.3) is 6.43 Å². The van der Waals surface area contributed by atoms with E-state index < -0.39 is 6.43 Å². The van der Waals surface area contributed by atoms with Crippen LogP contribution in [0.15, 0.2) is 64.1 Å². The summed E-state index contributed by atoms with van der Waals surface area (Å²) in [6.07, 6.45) is 1.42. The molecule has 1 N–H and O–H groups in total. The summed E-state index contributed by atoms with van der Waals surface area (Å²) in [4.78, 5) is 2.63. The van der Waals surface area contributed by atoms with Crippen molar-refractivity contribution >= 4 is 23.8 Å². The number of nitrogens with zero attached hydrogens (tertiary/aromatic N) is 3. The van der Waals surface area contributed by atoms with Gasteiger partial charge in [-0.25, -0.2) is 8.78 Å². The fraction of sp³-hybridized carbons (Fsp3) is 0.348. The van der Waals surface area contributed by atoms with Crippen LogP contribution in [0.25, 0.3) is 0 Å². The Hall–Kier alpha value is -2.62. The molecule has 0 saturated heterocycles. The van der Waals surface area contributed by atoms with Crippen LogP contribution in [0.5, 0.6) is 11.5 Å². The Bertz CT molecular complexity index is 955. The normalized spacial score (nSPS) is 13.6. The van der Waals surface area contributed by atoms with Gasteiger partial charge in [0, 0.05) is 29.6 Å². The first kappa shape index (κ1) is 24.0. The van der Waals surface area contributed by atoms with Crippen molar-refractivity contribution in [3.8, 4) is 11.5 Å². The first-order valence-corrected chi connectivity index (χ1v) is 11.0. The number of benzene rings is 2. The third-order valence-electron chi connectivity index (χ3n) is 4.87. The van der Waals surface area contributed by atoms with Crippen molar-refractivity contribution in [2.24, 2.45) is 5.10 Å². The molecule has 0 saturated carbocycles. The van der Waals surface area contributed by atoms with E-state index in [0.29, 0.717) is 19.6 Å². The van der Waals surface area contributed by atoms with E-state index in [2.05, 4.69) is 9.82 Å². The van der Waals surface area contributed by atoms with Crippen molar-refractivity contribution in [2.75, 3.05) is 45.9 Å². The molecule has 0 bridgehead atoms. The molecule has 0 atom stereocenters. The Morgan fingerprint density at radius 2 is 2.00 bits per heavy atom. The highest BCUT2D eigenvalue weighted by Gasteiger charge is 2.15. The van der Waals surface area contributed by atoms with E-state index in [9.17, 15) is 8.78 Å². The summed E-state index contributed by atoms with van der Waals surface area (Å²) in [5.41, 5.74) is 2.92. The minimum absolute atomic E-state index is 0.251. The summed E-state index contributed by atoms with van der Waals surface area (Å²) in [5, 5.41) is 6.43. The Kier molecular flexibility index (Phi) is 8.90. The number of hydrazone groups is 1. The van der Waals surface area contributed by atoms with E-state index >= 15 is 0 Å². The van der Waals surface area contributed by atoms with Gasteiger partial charge in [-0.1, -0.05) is 24.3 Å². The average Bonchev–Trinajstić information content (AvgIpc) is 2.79. The molecule has 32 heavy (non-hydrogen) atoms. The summed E-state index contributed by atoms with van der Waals surface area (Å²) in [7, 11) is 4.95. The highest BCUT2D eigenvalue weighted by atomic mass is 32.2. The molecule has 0 unspecified atom stereocenters. The molecule has 0 fully saturated rings. The Morgan fingerprint density at radius 1 is 1.19 bits per heavy atom. The van der Waals surface area contributed by atoms with Crippen LogP contribution >= 0.6 is 11.9 Å². The second-order valence-corrected chi connectivity index (χ2v) is 8.19. The third-order valence-corrected chi connectivity index (χ3v) is 5.73. The number of halogens is 2. The molecule has 0 amide bonds. The molecule has 0 aliphatic carbocycles. The predicted molar refractivity (Wildman–Crippen MR) is 126 cm³/mol. The van der Waals surface area contributed by atoms with Crippen molar-refractivity contribution in [3.63, 3.8) is 0 Å². The van der Waals surface area contributed by atoms with Crippen LogP contribution in [-0.2, 0) is 6.54 Å². The number of anilines is 1. The maximum absolute atomic E-state index is 12.5. The van der Waals surface area contributed by atoms with Gasteiger partial charge >= 0.3 is 0 Å². The topological polar surface area (TPSA) is 49.3 Å². The minimum Gasteiger partial charge on any atom is -0.497 e. The maximum Gasteiger partial charge on any atom is 0.251 e. The van der Waals surface area contributed by atoms with Gasteiger partial charge in [-0.15, -0.1) is 0 Å². The zero-order valence-corrected chi connectivity index (χ0v) is 19.2. The molecule has 1 aliphatic heterocycles. The molecule has 1 aliphatic rings. The van der Waals surface area contributed by atoms with E-state index in [4.69, 9.17) is 9.47 Å². The first-order valence-electron chi connectivity index (χ1n) is 10.2. The van der Waals surface area contributed by atoms with Gasteiger partial charge in [-0.3, -0.25) is 14.6 Å². The van der Waals surface area contributed by atoms with Gasteiger partial charge in [-0.05, 0) is 42.8 Å². The quantitative estimate of drug-likeness (QED) is 0.499. The lowest BCUT2D eigenvalue weighted by atomic mass is 10.2. The Labute approximate surface area is 192 Å². The van der Waals surface area contributed by atoms with Gasteiger partial charge in [0.15, 0.2) is 0 Å². The van der Waals surface area contributed by atoms with E-state index in [-0.39, 0.29) is 6.54 Å². The van der Waals surface area contributed by atoms with Crippen molar-refractivity contribution in [2.45, 2.75) is 17.9 Å². The number of hydrogen-bond acceptors (Lipinski definition) is 7. The van der Waals surface area contributed by atoms with Crippen molar-refractivity contribution < 1.29 is 18.3 Å². The maximum atomic E-state index is 12.5. The lowest BCUT2D eigenvalue weighted by Crippen LogP contribution is -2.29. The van der Waals surface area contributed by atoms with Crippen LogP contribution in [0.4, 0.5) is 14.5 Å². The van der Waals surface area contributed by atoms with Gasteiger partial charge < -0.3 is 9.47 Å². The standard InChI is InChI=1S/C23H28F2N4O2S/c1-28(16-23(24)25)15-17-10-11-29(26-13-17)20-6-4-5-7-22(20)32-27-14-18-8-9-19(30-2)12-21(18)31-3/h4-10,12-13,23,27H,11,14-16H2,1-3H3. The minimum atomic E-state index is -2.34. The van der Waals surface area contributed by atoms with E-state index in [0.717, 1.165) is 33.2 Å². The SMILES string of the molecule is COc1ccc(CNSc2ccccc2N2CC=C(CN(C)CC(F)F)C=N2)c(OC)c1. The molecule has 172 valence electrons. The molecular weight excluding hydrogens is 434 g/mol. The van der Waals surface area contributed by atoms with E-state index in [1.807, 2.05) is 53.5 Å². The molecule has 2 aromatic carbocycles. The molecule has 2 aromatic rings. The number of para-hydroxylation sites is 1. The Morgan fingerprint density at radius 3 is 2.69 bits per heavy atom. The van der Waals surface area contributed by atoms with Gasteiger partial charge in [0.05, 0.1) is 39.2 Å². The third kappa shape index (κ3) is 6.69. The van der Waals surface area contributed by atoms with Crippen molar-refractivity contribution in [1.82, 2.24) is 9.62 Å². The number of alkyl halides is 2. The average molecular weight is 463 g/mol. The summed E-state index contributed by atoms with van der Waals surface area (Å²) in [6, 6.07) is 13.7. The molecule has 1 heterocycles. The number of ether oxygens (including phenoxy) is 2. The van der Waals surface area contributed by atoms with E-state index in [1.54, 1.807) is 32.4 Å². The summed E-state index contributed by atoms with van der Waals surface area (Å²) < 4.78 is 39.2. The van der Waals surface area contributed by atoms with Crippen LogP contribution in [0.1, 0.15) is 5.56 Å². The highest BCUT2D eigenvalue weighted by Crippen LogP contribution is 2.31. The molecular formula is C23H28F2N4O2S. The molecule has 6 nitrogen and oxygen atoms in total. The molecule has 9 heteroatoms. The second kappa shape index (κ2) is 11.8. The fourth-order valence-electron chi connectivity index (χ4n) is 3.27. The smallest absolute Gasteiger partial charge is 0.251 e. The zero-order chi connectivity index (χ0) is 22.9. The first-order chi connectivity index (χ1) is 15.5. The number of nitrogens with one attached hydrogen (secondary N) is 1. The molecule has 0 aromatic heterocycles. The summed E-state index contributed by atoms with van der Waals surface area (Å²) in [5.74, 6) is 1.51. The lowest BCUT2D eigenvalue weighted by molar-refractivity contribution is 0.105. The second-order valence-electron chi connectivity index (χ2n) is 7.26. The number of rotatable bonds is 11. The van der Waals surface area contributed by atoms with Crippen LogP contribution in [0, 0.1) is 0 Å². The lowest BCUT2D eigenvalue weighted by Gasteiger charge is -2.25. The van der Waals surface area contributed by atoms with Crippen LogP contribution in [0.3, 0.4) is 0 Å². The highest BCUT2D eigenvalue weighted by molar-refractivity contribution is 7.97. The number of methoxy groups -OCH3 is 2. The molecule has 3 rings (SSSR count). The van der Waals surface area contributed by atoms with Crippen LogP contribution in [0.2, 0.25) is 0 Å². The molecule has 0 spiro atoms. The number of hydrogen-bond donors (Lipinski definition) is 1. The van der Waals surface area contributed by atoms with Crippen molar-refractivity contribution in [3.05, 3.63) is 59.7 Å². The fourth-order valence-corrected chi connectivity index (χ4v) is 4.08. The summed E-state index contributed by atoms with van der Waals surface area (Å²) in [6.45, 7) is 1.39. The van der Waals surface area contributed by atoms with Crippen LogP contribution < -0.4 is 19.2 Å².